The number of fused-ring (bicyclic) bond motifs is 1. The van der Waals surface area contributed by atoms with E-state index in [2.05, 4.69) is 15.6 Å². The fraction of sp³-hybridized carbons (Fsp3) is 0.500. The highest BCUT2D eigenvalue weighted by Crippen LogP contribution is 2.43. The molecule has 0 radical (unpaired) electrons. The summed E-state index contributed by atoms with van der Waals surface area (Å²) in [6.07, 6.45) is 3.57. The van der Waals surface area contributed by atoms with Gasteiger partial charge in [-0.15, -0.1) is 0 Å². The number of alkyl halides is 1. The molecule has 1 saturated heterocycles. The number of piperidine rings is 1. The Kier molecular flexibility index (Phi) is 5.45. The van der Waals surface area contributed by atoms with E-state index in [0.29, 0.717) is 49.2 Å². The number of anilines is 1. The number of methoxy groups -OCH3 is 2. The summed E-state index contributed by atoms with van der Waals surface area (Å²) in [4.78, 5) is 9.33. The molecule has 5 rings (SSSR count). The molecule has 3 aromatic rings. The van der Waals surface area contributed by atoms with Crippen LogP contribution in [0, 0.1) is 0 Å². The van der Waals surface area contributed by atoms with Gasteiger partial charge in [0.2, 0.25) is 0 Å². The molecule has 1 saturated carbocycles. The molecule has 2 N–H and O–H groups in total. The van der Waals surface area contributed by atoms with Gasteiger partial charge in [-0.3, -0.25) is 0 Å². The fourth-order valence-electron chi connectivity index (χ4n) is 4.06. The molecule has 1 aliphatic heterocycles. The molecule has 9 heteroatoms. The van der Waals surface area contributed by atoms with Gasteiger partial charge in [0.15, 0.2) is 5.65 Å². The summed E-state index contributed by atoms with van der Waals surface area (Å²) in [6, 6.07) is 5.47. The summed E-state index contributed by atoms with van der Waals surface area (Å²) in [5.74, 6) is 1.84. The van der Waals surface area contributed by atoms with Gasteiger partial charge in [-0.25, -0.2) is 18.9 Å². The van der Waals surface area contributed by atoms with Crippen LogP contribution in [0.3, 0.4) is 0 Å². The number of pyridine rings is 1. The number of ether oxygens (including phenoxy) is 2. The largest absolute Gasteiger partial charge is 0.495 e. The third kappa shape index (κ3) is 3.95. The van der Waals surface area contributed by atoms with E-state index in [1.54, 1.807) is 20.4 Å². The maximum Gasteiger partial charge on any atom is 0.157 e. The van der Waals surface area contributed by atoms with E-state index in [1.165, 1.54) is 0 Å². The van der Waals surface area contributed by atoms with Gasteiger partial charge in [0.1, 0.15) is 29.1 Å². The molecule has 0 unspecified atom stereocenters. The first-order valence-electron chi connectivity index (χ1n) is 10.7. The van der Waals surface area contributed by atoms with Crippen molar-refractivity contribution >= 4 is 11.5 Å². The van der Waals surface area contributed by atoms with Crippen molar-refractivity contribution in [1.82, 2.24) is 24.9 Å². The second kappa shape index (κ2) is 8.39. The van der Waals surface area contributed by atoms with E-state index >= 15 is 0 Å². The number of hydrogen-bond acceptors (Lipinski definition) is 7. The Labute approximate surface area is 180 Å². The monoisotopic (exact) mass is 426 g/mol. The van der Waals surface area contributed by atoms with Gasteiger partial charge in [-0.1, -0.05) is 6.07 Å². The topological polar surface area (TPSA) is 85.6 Å². The molecular weight excluding hydrogens is 399 g/mol. The Morgan fingerprint density at radius 2 is 2.13 bits per heavy atom. The van der Waals surface area contributed by atoms with Crippen LogP contribution in [-0.4, -0.2) is 59.1 Å². The Hall–Kier alpha value is -2.78. The van der Waals surface area contributed by atoms with Crippen molar-refractivity contribution in [3.8, 4) is 17.1 Å². The van der Waals surface area contributed by atoms with E-state index in [9.17, 15) is 4.39 Å². The lowest BCUT2D eigenvalue weighted by atomic mass is 10.1. The summed E-state index contributed by atoms with van der Waals surface area (Å²) in [5, 5.41) is 11.4. The highest BCUT2D eigenvalue weighted by atomic mass is 19.1. The third-order valence-electron chi connectivity index (χ3n) is 5.93. The van der Waals surface area contributed by atoms with Gasteiger partial charge >= 0.3 is 0 Å². The van der Waals surface area contributed by atoms with Crippen LogP contribution in [0.1, 0.15) is 36.4 Å². The molecule has 164 valence electrons. The van der Waals surface area contributed by atoms with Gasteiger partial charge in [-0.05, 0) is 31.9 Å². The highest BCUT2D eigenvalue weighted by Gasteiger charge is 2.30. The number of rotatable bonds is 7. The van der Waals surface area contributed by atoms with Crippen molar-refractivity contribution < 1.29 is 13.9 Å². The molecular formula is C22H27FN6O2. The quantitative estimate of drug-likeness (QED) is 0.601. The van der Waals surface area contributed by atoms with E-state index in [0.717, 1.165) is 35.5 Å². The van der Waals surface area contributed by atoms with Crippen molar-refractivity contribution in [1.29, 1.82) is 0 Å². The minimum absolute atomic E-state index is 0.335. The zero-order valence-corrected chi connectivity index (χ0v) is 17.8. The number of nitrogens with one attached hydrogen (secondary N) is 2. The standard InChI is InChI=1S/C22H27FN6O2/c1-30-12-14-5-6-16(26-22(14)27-17-10-24-8-7-15(17)23)18-11-25-20-9-19(31-2)21(13-3-4-13)28-29(18)20/h5-6,9,11,13,15,17,24H,3-4,7-8,10,12H2,1-2H3,(H,26,27)/t15-,17-/m1/s1. The molecule has 8 nitrogen and oxygen atoms in total. The molecule has 2 fully saturated rings. The lowest BCUT2D eigenvalue weighted by Gasteiger charge is -2.28. The Bertz CT molecular complexity index is 1080. The van der Waals surface area contributed by atoms with Crippen LogP contribution in [0.25, 0.3) is 17.0 Å². The molecule has 4 heterocycles. The van der Waals surface area contributed by atoms with Gasteiger partial charge in [-0.2, -0.15) is 5.10 Å². The predicted molar refractivity (Wildman–Crippen MR) is 115 cm³/mol. The van der Waals surface area contributed by atoms with Gasteiger partial charge in [0.05, 0.1) is 31.6 Å². The first kappa shape index (κ1) is 20.1. The first-order valence-corrected chi connectivity index (χ1v) is 10.7. The minimum Gasteiger partial charge on any atom is -0.495 e. The molecule has 3 aromatic heterocycles. The Morgan fingerprint density at radius 1 is 1.26 bits per heavy atom. The predicted octanol–water partition coefficient (Wildman–Crippen LogP) is 2.94. The molecule has 2 atom stereocenters. The number of nitrogens with zero attached hydrogens (tertiary/aromatic N) is 4. The Balaban J connectivity index is 1.54. The van der Waals surface area contributed by atoms with Crippen LogP contribution in [0.4, 0.5) is 10.2 Å². The third-order valence-corrected chi connectivity index (χ3v) is 5.93. The molecule has 0 spiro atoms. The van der Waals surface area contributed by atoms with Gasteiger partial charge < -0.3 is 20.1 Å². The van der Waals surface area contributed by atoms with E-state index in [1.807, 2.05) is 22.7 Å². The van der Waals surface area contributed by atoms with Crippen molar-refractivity contribution in [2.75, 3.05) is 32.6 Å². The van der Waals surface area contributed by atoms with Crippen molar-refractivity contribution in [2.45, 2.75) is 44.0 Å². The second-order valence-electron chi connectivity index (χ2n) is 8.18. The van der Waals surface area contributed by atoms with Crippen LogP contribution >= 0.6 is 0 Å². The average molecular weight is 426 g/mol. The van der Waals surface area contributed by atoms with Gasteiger partial charge in [0, 0.05) is 31.2 Å². The summed E-state index contributed by atoms with van der Waals surface area (Å²) < 4.78 is 27.1. The molecule has 1 aliphatic carbocycles. The molecule has 31 heavy (non-hydrogen) atoms. The van der Waals surface area contributed by atoms with Crippen LogP contribution in [0.15, 0.2) is 24.4 Å². The number of halogens is 1. The van der Waals surface area contributed by atoms with E-state index in [4.69, 9.17) is 19.6 Å². The second-order valence-corrected chi connectivity index (χ2v) is 8.18. The minimum atomic E-state index is -0.923. The maximum atomic E-state index is 14.4. The molecule has 0 bridgehead atoms. The molecule has 0 aromatic carbocycles. The van der Waals surface area contributed by atoms with Crippen molar-refractivity contribution in [2.24, 2.45) is 0 Å². The van der Waals surface area contributed by atoms with Crippen molar-refractivity contribution in [3.63, 3.8) is 0 Å². The summed E-state index contributed by atoms with van der Waals surface area (Å²) in [7, 11) is 3.30. The highest BCUT2D eigenvalue weighted by molar-refractivity contribution is 5.64. The zero-order valence-electron chi connectivity index (χ0n) is 17.8. The van der Waals surface area contributed by atoms with Crippen LogP contribution < -0.4 is 15.4 Å². The normalized spacial score (nSPS) is 21.4. The zero-order chi connectivity index (χ0) is 21.4. The summed E-state index contributed by atoms with van der Waals surface area (Å²) >= 11 is 0. The maximum absolute atomic E-state index is 14.4. The van der Waals surface area contributed by atoms with E-state index < -0.39 is 6.17 Å². The van der Waals surface area contributed by atoms with Crippen LogP contribution in [0.5, 0.6) is 5.75 Å². The van der Waals surface area contributed by atoms with Crippen LogP contribution in [0.2, 0.25) is 0 Å². The smallest absolute Gasteiger partial charge is 0.157 e. The number of imidazole rings is 1. The fourth-order valence-corrected chi connectivity index (χ4v) is 4.06. The summed E-state index contributed by atoms with van der Waals surface area (Å²) in [6.45, 7) is 1.64. The van der Waals surface area contributed by atoms with E-state index in [-0.39, 0.29) is 6.04 Å². The summed E-state index contributed by atoms with van der Waals surface area (Å²) in [5.41, 5.74) is 4.04. The first-order chi connectivity index (χ1) is 15.2. The van der Waals surface area contributed by atoms with Gasteiger partial charge in [0.25, 0.3) is 0 Å². The lowest BCUT2D eigenvalue weighted by molar-refractivity contribution is 0.184. The average Bonchev–Trinajstić information content (AvgIpc) is 3.55. The SMILES string of the molecule is COCc1ccc(-c2cnc3cc(OC)c(C4CC4)nn23)nc1N[C@@H]1CNCC[C@H]1F. The molecule has 0 amide bonds. The van der Waals surface area contributed by atoms with Crippen molar-refractivity contribution in [3.05, 3.63) is 35.7 Å². The Morgan fingerprint density at radius 3 is 2.87 bits per heavy atom. The molecule has 2 aliphatic rings. The lowest BCUT2D eigenvalue weighted by Crippen LogP contribution is -2.46. The van der Waals surface area contributed by atoms with Crippen LogP contribution in [-0.2, 0) is 11.3 Å². The number of hydrogen-bond donors (Lipinski definition) is 2. The number of aromatic nitrogens is 4.